The summed E-state index contributed by atoms with van der Waals surface area (Å²) in [7, 11) is 0. The Morgan fingerprint density at radius 3 is 2.75 bits per heavy atom. The van der Waals surface area contributed by atoms with Crippen molar-refractivity contribution in [2.75, 3.05) is 36.4 Å². The molecule has 1 aromatic carbocycles. The lowest BCUT2D eigenvalue weighted by Crippen LogP contribution is -2.49. The quantitative estimate of drug-likeness (QED) is 0.737. The van der Waals surface area contributed by atoms with Gasteiger partial charge in [-0.3, -0.25) is 4.79 Å². The first-order valence-corrected chi connectivity index (χ1v) is 9.39. The summed E-state index contributed by atoms with van der Waals surface area (Å²) in [6.45, 7) is 5.40. The minimum Gasteiger partial charge on any atom is -0.459 e. The van der Waals surface area contributed by atoms with Crippen molar-refractivity contribution in [2.24, 2.45) is 0 Å². The lowest BCUT2D eigenvalue weighted by molar-refractivity contribution is 0.0714. The number of rotatable bonds is 5. The minimum absolute atomic E-state index is 0.0702. The van der Waals surface area contributed by atoms with E-state index in [0.29, 0.717) is 44.4 Å². The summed E-state index contributed by atoms with van der Waals surface area (Å²) >= 11 is 0. The zero-order chi connectivity index (χ0) is 19.3. The van der Waals surface area contributed by atoms with Crippen molar-refractivity contribution in [2.45, 2.75) is 13.5 Å². The average molecular weight is 377 g/mol. The summed E-state index contributed by atoms with van der Waals surface area (Å²) in [6, 6.07) is 13.7. The maximum atomic E-state index is 12.4. The first kappa shape index (κ1) is 18.0. The molecule has 1 amide bonds. The molecule has 0 saturated carbocycles. The number of aryl methyl sites for hydroxylation is 1. The fourth-order valence-corrected chi connectivity index (χ4v) is 3.28. The van der Waals surface area contributed by atoms with Gasteiger partial charge in [0, 0.05) is 38.9 Å². The van der Waals surface area contributed by atoms with Gasteiger partial charge in [-0.1, -0.05) is 29.8 Å². The maximum absolute atomic E-state index is 12.4. The van der Waals surface area contributed by atoms with E-state index in [1.165, 1.54) is 17.4 Å². The number of aromatic nitrogens is 2. The van der Waals surface area contributed by atoms with E-state index in [-0.39, 0.29) is 5.91 Å². The van der Waals surface area contributed by atoms with Crippen LogP contribution in [0.25, 0.3) is 0 Å². The molecule has 7 heteroatoms. The summed E-state index contributed by atoms with van der Waals surface area (Å²) in [5.74, 6) is 1.78. The van der Waals surface area contributed by atoms with E-state index in [1.807, 2.05) is 6.07 Å². The van der Waals surface area contributed by atoms with E-state index < -0.39 is 0 Å². The molecule has 1 fully saturated rings. The van der Waals surface area contributed by atoms with Gasteiger partial charge in [0.2, 0.25) is 5.95 Å². The Hall–Kier alpha value is -3.35. The van der Waals surface area contributed by atoms with Crippen molar-refractivity contribution in [3.05, 3.63) is 71.8 Å². The Balaban J connectivity index is 1.35. The molecule has 3 aromatic rings. The molecule has 0 unspecified atom stereocenters. The summed E-state index contributed by atoms with van der Waals surface area (Å²) in [4.78, 5) is 25.3. The monoisotopic (exact) mass is 377 g/mol. The highest BCUT2D eigenvalue weighted by Gasteiger charge is 2.24. The molecule has 2 aromatic heterocycles. The number of piperazine rings is 1. The number of hydrogen-bond donors (Lipinski definition) is 1. The Kier molecular flexibility index (Phi) is 5.23. The van der Waals surface area contributed by atoms with Gasteiger partial charge in [0.15, 0.2) is 5.76 Å². The SMILES string of the molecule is Cc1cccc(CNc2ccnc(N3CCN(C(=O)c4ccco4)CC3)n2)c1. The van der Waals surface area contributed by atoms with Crippen LogP contribution in [0.15, 0.2) is 59.3 Å². The van der Waals surface area contributed by atoms with Crippen LogP contribution in [0.4, 0.5) is 11.8 Å². The van der Waals surface area contributed by atoms with Crippen LogP contribution in [-0.4, -0.2) is 47.0 Å². The first-order chi connectivity index (χ1) is 13.7. The molecule has 0 spiro atoms. The third-order valence-electron chi connectivity index (χ3n) is 4.78. The molecular formula is C21H23N5O2. The van der Waals surface area contributed by atoms with Gasteiger partial charge in [0.25, 0.3) is 5.91 Å². The van der Waals surface area contributed by atoms with Gasteiger partial charge >= 0.3 is 0 Å². The number of nitrogens with zero attached hydrogens (tertiary/aromatic N) is 4. The number of benzene rings is 1. The highest BCUT2D eigenvalue weighted by atomic mass is 16.3. The topological polar surface area (TPSA) is 74.5 Å². The molecule has 0 radical (unpaired) electrons. The lowest BCUT2D eigenvalue weighted by Gasteiger charge is -2.34. The van der Waals surface area contributed by atoms with Crippen molar-refractivity contribution in [1.29, 1.82) is 0 Å². The smallest absolute Gasteiger partial charge is 0.289 e. The van der Waals surface area contributed by atoms with Crippen molar-refractivity contribution in [1.82, 2.24) is 14.9 Å². The number of nitrogens with one attached hydrogen (secondary N) is 1. The maximum Gasteiger partial charge on any atom is 0.289 e. The molecule has 28 heavy (non-hydrogen) atoms. The van der Waals surface area contributed by atoms with Crippen molar-refractivity contribution < 1.29 is 9.21 Å². The molecule has 1 saturated heterocycles. The summed E-state index contributed by atoms with van der Waals surface area (Å²) in [5, 5.41) is 3.36. The van der Waals surface area contributed by atoms with Crippen LogP contribution in [0, 0.1) is 6.92 Å². The van der Waals surface area contributed by atoms with Gasteiger partial charge in [0.1, 0.15) is 5.82 Å². The van der Waals surface area contributed by atoms with Gasteiger partial charge in [-0.05, 0) is 30.7 Å². The number of carbonyl (C=O) groups excluding carboxylic acids is 1. The average Bonchev–Trinajstić information content (AvgIpc) is 3.27. The summed E-state index contributed by atoms with van der Waals surface area (Å²) in [6.07, 6.45) is 3.29. The largest absolute Gasteiger partial charge is 0.459 e. The highest BCUT2D eigenvalue weighted by molar-refractivity contribution is 5.91. The van der Waals surface area contributed by atoms with E-state index in [4.69, 9.17) is 4.42 Å². The third-order valence-corrected chi connectivity index (χ3v) is 4.78. The fourth-order valence-electron chi connectivity index (χ4n) is 3.28. The van der Waals surface area contributed by atoms with E-state index >= 15 is 0 Å². The molecule has 0 bridgehead atoms. The number of hydrogen-bond acceptors (Lipinski definition) is 6. The molecule has 0 aliphatic carbocycles. The molecule has 1 aliphatic rings. The molecule has 0 atom stereocenters. The number of anilines is 2. The molecule has 1 N–H and O–H groups in total. The second-order valence-electron chi connectivity index (χ2n) is 6.84. The lowest BCUT2D eigenvalue weighted by atomic mass is 10.1. The third kappa shape index (κ3) is 4.14. The molecular weight excluding hydrogens is 354 g/mol. The van der Waals surface area contributed by atoms with Crippen LogP contribution in [-0.2, 0) is 6.54 Å². The Morgan fingerprint density at radius 2 is 2.00 bits per heavy atom. The van der Waals surface area contributed by atoms with Gasteiger partial charge in [-0.15, -0.1) is 0 Å². The minimum atomic E-state index is -0.0702. The van der Waals surface area contributed by atoms with Crippen LogP contribution in [0.1, 0.15) is 21.7 Å². The van der Waals surface area contributed by atoms with Crippen LogP contribution >= 0.6 is 0 Å². The van der Waals surface area contributed by atoms with E-state index in [1.54, 1.807) is 23.2 Å². The Morgan fingerprint density at radius 1 is 1.14 bits per heavy atom. The van der Waals surface area contributed by atoms with E-state index in [2.05, 4.69) is 51.4 Å². The van der Waals surface area contributed by atoms with E-state index in [9.17, 15) is 4.79 Å². The predicted molar refractivity (Wildman–Crippen MR) is 107 cm³/mol. The number of furan rings is 1. The summed E-state index contributed by atoms with van der Waals surface area (Å²) < 4.78 is 5.21. The number of carbonyl (C=O) groups is 1. The Bertz CT molecular complexity index is 933. The molecule has 4 rings (SSSR count). The van der Waals surface area contributed by atoms with Crippen LogP contribution in [0.3, 0.4) is 0 Å². The normalized spacial score (nSPS) is 14.2. The predicted octanol–water partition coefficient (Wildman–Crippen LogP) is 2.95. The Labute approximate surface area is 164 Å². The van der Waals surface area contributed by atoms with Crippen molar-refractivity contribution in [3.8, 4) is 0 Å². The van der Waals surface area contributed by atoms with Gasteiger partial charge < -0.3 is 19.5 Å². The standard InChI is InChI=1S/C21H23N5O2/c1-16-4-2-5-17(14-16)15-23-19-7-8-22-21(24-19)26-11-9-25(10-12-26)20(27)18-6-3-13-28-18/h2-8,13-14H,9-12,15H2,1H3,(H,22,23,24). The van der Waals surface area contributed by atoms with Crippen LogP contribution < -0.4 is 10.2 Å². The van der Waals surface area contributed by atoms with Gasteiger partial charge in [-0.2, -0.15) is 4.98 Å². The molecule has 144 valence electrons. The van der Waals surface area contributed by atoms with Crippen molar-refractivity contribution in [3.63, 3.8) is 0 Å². The second kappa shape index (κ2) is 8.12. The highest BCUT2D eigenvalue weighted by Crippen LogP contribution is 2.16. The first-order valence-electron chi connectivity index (χ1n) is 9.39. The van der Waals surface area contributed by atoms with Gasteiger partial charge in [0.05, 0.1) is 6.26 Å². The van der Waals surface area contributed by atoms with Crippen LogP contribution in [0.2, 0.25) is 0 Å². The van der Waals surface area contributed by atoms with Crippen molar-refractivity contribution >= 4 is 17.7 Å². The van der Waals surface area contributed by atoms with Crippen LogP contribution in [0.5, 0.6) is 0 Å². The zero-order valence-electron chi connectivity index (χ0n) is 15.8. The second-order valence-corrected chi connectivity index (χ2v) is 6.84. The zero-order valence-corrected chi connectivity index (χ0v) is 15.8. The summed E-state index contributed by atoms with van der Waals surface area (Å²) in [5.41, 5.74) is 2.45. The fraction of sp³-hybridized carbons (Fsp3) is 0.286. The molecule has 1 aliphatic heterocycles. The van der Waals surface area contributed by atoms with Gasteiger partial charge in [-0.25, -0.2) is 4.98 Å². The number of amides is 1. The molecule has 7 nitrogen and oxygen atoms in total. The molecule has 3 heterocycles. The van der Waals surface area contributed by atoms with E-state index in [0.717, 1.165) is 5.82 Å².